The highest BCUT2D eigenvalue weighted by molar-refractivity contribution is 5.83. The third-order valence-corrected chi connectivity index (χ3v) is 2.52. The van der Waals surface area contributed by atoms with Crippen molar-refractivity contribution >= 4 is 17.6 Å². The number of esters is 1. The van der Waals surface area contributed by atoms with Gasteiger partial charge in [-0.1, -0.05) is 0 Å². The Morgan fingerprint density at radius 2 is 1.95 bits per heavy atom. The Kier molecular flexibility index (Phi) is 7.03. The third-order valence-electron chi connectivity index (χ3n) is 2.52. The number of anilines is 1. The van der Waals surface area contributed by atoms with Crippen LogP contribution in [0.2, 0.25) is 0 Å². The zero-order valence-electron chi connectivity index (χ0n) is 12.1. The van der Waals surface area contributed by atoms with E-state index in [0.29, 0.717) is 24.6 Å². The van der Waals surface area contributed by atoms with Gasteiger partial charge in [-0.3, -0.25) is 4.79 Å². The van der Waals surface area contributed by atoms with Crippen LogP contribution in [0.5, 0.6) is 5.75 Å². The van der Waals surface area contributed by atoms with Crippen molar-refractivity contribution in [3.63, 3.8) is 0 Å². The lowest BCUT2D eigenvalue weighted by Crippen LogP contribution is -2.38. The summed E-state index contributed by atoms with van der Waals surface area (Å²) in [4.78, 5) is 23.1. The first-order valence-corrected chi connectivity index (χ1v) is 6.47. The molecule has 0 saturated carbocycles. The van der Waals surface area contributed by atoms with Gasteiger partial charge in [0.15, 0.2) is 12.7 Å². The minimum atomic E-state index is -0.885. The highest BCUT2D eigenvalue weighted by Crippen LogP contribution is 2.12. The SMILES string of the molecule is COCCNC(=O)C(C)OC(=O)COc1ccc(N)cc1. The summed E-state index contributed by atoms with van der Waals surface area (Å²) in [6.45, 7) is 1.97. The van der Waals surface area contributed by atoms with Crippen LogP contribution in [0.3, 0.4) is 0 Å². The summed E-state index contributed by atoms with van der Waals surface area (Å²) in [5.74, 6) is -0.507. The fraction of sp³-hybridized carbons (Fsp3) is 0.429. The summed E-state index contributed by atoms with van der Waals surface area (Å²) in [6, 6.07) is 6.60. The van der Waals surface area contributed by atoms with Crippen molar-refractivity contribution in [1.82, 2.24) is 5.32 Å². The van der Waals surface area contributed by atoms with Crippen LogP contribution in [-0.4, -0.2) is 44.8 Å². The Hall–Kier alpha value is -2.28. The third kappa shape index (κ3) is 6.62. The van der Waals surface area contributed by atoms with Gasteiger partial charge in [-0.2, -0.15) is 0 Å². The monoisotopic (exact) mass is 296 g/mol. The van der Waals surface area contributed by atoms with E-state index in [1.807, 2.05) is 0 Å². The maximum absolute atomic E-state index is 11.6. The first kappa shape index (κ1) is 16.8. The second kappa shape index (κ2) is 8.80. The molecule has 0 radical (unpaired) electrons. The number of carbonyl (C=O) groups excluding carboxylic acids is 2. The second-order valence-corrected chi connectivity index (χ2v) is 4.27. The number of methoxy groups -OCH3 is 1. The van der Waals surface area contributed by atoms with E-state index >= 15 is 0 Å². The maximum Gasteiger partial charge on any atom is 0.344 e. The zero-order valence-corrected chi connectivity index (χ0v) is 12.1. The van der Waals surface area contributed by atoms with E-state index in [0.717, 1.165) is 0 Å². The summed E-state index contributed by atoms with van der Waals surface area (Å²) in [5.41, 5.74) is 6.13. The number of nitrogens with one attached hydrogen (secondary N) is 1. The average Bonchev–Trinajstić information content (AvgIpc) is 2.46. The van der Waals surface area contributed by atoms with Crippen molar-refractivity contribution < 1.29 is 23.8 Å². The van der Waals surface area contributed by atoms with Gasteiger partial charge >= 0.3 is 5.97 Å². The van der Waals surface area contributed by atoms with E-state index in [1.165, 1.54) is 14.0 Å². The van der Waals surface area contributed by atoms with Gasteiger partial charge in [0.05, 0.1) is 6.61 Å². The molecule has 0 bridgehead atoms. The van der Waals surface area contributed by atoms with Crippen molar-refractivity contribution in [2.45, 2.75) is 13.0 Å². The smallest absolute Gasteiger partial charge is 0.344 e. The minimum absolute atomic E-state index is 0.278. The van der Waals surface area contributed by atoms with Crippen molar-refractivity contribution in [3.8, 4) is 5.75 Å². The molecule has 3 N–H and O–H groups in total. The van der Waals surface area contributed by atoms with Gasteiger partial charge in [0.25, 0.3) is 5.91 Å². The largest absolute Gasteiger partial charge is 0.482 e. The molecule has 1 amide bonds. The van der Waals surface area contributed by atoms with E-state index in [1.54, 1.807) is 24.3 Å². The summed E-state index contributed by atoms with van der Waals surface area (Å²) >= 11 is 0. The molecule has 1 aromatic rings. The predicted molar refractivity (Wildman–Crippen MR) is 76.8 cm³/mol. The lowest BCUT2D eigenvalue weighted by Gasteiger charge is -2.13. The molecule has 21 heavy (non-hydrogen) atoms. The van der Waals surface area contributed by atoms with Crippen molar-refractivity contribution in [1.29, 1.82) is 0 Å². The van der Waals surface area contributed by atoms with Crippen molar-refractivity contribution in [2.24, 2.45) is 0 Å². The zero-order chi connectivity index (χ0) is 15.7. The topological polar surface area (TPSA) is 99.9 Å². The Morgan fingerprint density at radius 3 is 2.57 bits per heavy atom. The molecular formula is C14H20N2O5. The van der Waals surface area contributed by atoms with Crippen LogP contribution < -0.4 is 15.8 Å². The molecule has 1 rings (SSSR count). The number of benzene rings is 1. The van der Waals surface area contributed by atoms with Crippen molar-refractivity contribution in [3.05, 3.63) is 24.3 Å². The van der Waals surface area contributed by atoms with Gasteiger partial charge in [-0.05, 0) is 31.2 Å². The number of rotatable bonds is 8. The fourth-order valence-electron chi connectivity index (χ4n) is 1.41. The highest BCUT2D eigenvalue weighted by Gasteiger charge is 2.17. The summed E-state index contributed by atoms with van der Waals surface area (Å²) < 4.78 is 15.0. The van der Waals surface area contributed by atoms with Crippen LogP contribution in [-0.2, 0) is 19.1 Å². The standard InChI is InChI=1S/C14H20N2O5/c1-10(14(18)16-7-8-19-2)21-13(17)9-20-12-5-3-11(15)4-6-12/h3-6,10H,7-9,15H2,1-2H3,(H,16,18). The molecule has 0 aliphatic heterocycles. The normalized spacial score (nSPS) is 11.5. The maximum atomic E-state index is 11.6. The molecule has 0 aliphatic rings. The Labute approximate surface area is 123 Å². The number of nitrogens with two attached hydrogens (primary N) is 1. The van der Waals surface area contributed by atoms with E-state index < -0.39 is 12.1 Å². The molecule has 7 heteroatoms. The number of ether oxygens (including phenoxy) is 3. The van der Waals surface area contributed by atoms with E-state index in [-0.39, 0.29) is 12.5 Å². The van der Waals surface area contributed by atoms with Gasteiger partial charge in [0.1, 0.15) is 5.75 Å². The molecule has 0 aliphatic carbocycles. The molecule has 0 fully saturated rings. The summed E-state index contributed by atoms with van der Waals surface area (Å²) in [7, 11) is 1.53. The number of nitrogen functional groups attached to an aromatic ring is 1. The quantitative estimate of drug-likeness (QED) is 0.408. The van der Waals surface area contributed by atoms with Crippen LogP contribution >= 0.6 is 0 Å². The van der Waals surface area contributed by atoms with Crippen LogP contribution in [0.4, 0.5) is 5.69 Å². The minimum Gasteiger partial charge on any atom is -0.482 e. The Morgan fingerprint density at radius 1 is 1.29 bits per heavy atom. The van der Waals surface area contributed by atoms with E-state index in [2.05, 4.69) is 5.32 Å². The number of hydrogen-bond acceptors (Lipinski definition) is 6. The molecule has 0 spiro atoms. The molecule has 1 atom stereocenters. The lowest BCUT2D eigenvalue weighted by atomic mass is 10.3. The van der Waals surface area contributed by atoms with Crippen LogP contribution in [0, 0.1) is 0 Å². The number of carbonyl (C=O) groups is 2. The van der Waals surface area contributed by atoms with E-state index in [9.17, 15) is 9.59 Å². The Bertz CT molecular complexity index is 461. The van der Waals surface area contributed by atoms with Gasteiger partial charge in [0.2, 0.25) is 0 Å². The number of amides is 1. The van der Waals surface area contributed by atoms with E-state index in [4.69, 9.17) is 19.9 Å². The number of hydrogen-bond donors (Lipinski definition) is 2. The van der Waals surface area contributed by atoms with Crippen LogP contribution in [0.15, 0.2) is 24.3 Å². The highest BCUT2D eigenvalue weighted by atomic mass is 16.6. The van der Waals surface area contributed by atoms with Crippen LogP contribution in [0.1, 0.15) is 6.92 Å². The van der Waals surface area contributed by atoms with Gasteiger partial charge in [-0.25, -0.2) is 4.79 Å². The summed E-state index contributed by atoms with van der Waals surface area (Å²) in [6.07, 6.45) is -0.885. The first-order chi connectivity index (χ1) is 10.0. The van der Waals surface area contributed by atoms with Crippen LogP contribution in [0.25, 0.3) is 0 Å². The molecule has 1 unspecified atom stereocenters. The van der Waals surface area contributed by atoms with Crippen molar-refractivity contribution in [2.75, 3.05) is 32.6 Å². The molecule has 1 aromatic carbocycles. The van der Waals surface area contributed by atoms with Gasteiger partial charge in [0, 0.05) is 19.3 Å². The fourth-order valence-corrected chi connectivity index (χ4v) is 1.41. The molecule has 0 aromatic heterocycles. The molecular weight excluding hydrogens is 276 g/mol. The summed E-state index contributed by atoms with van der Waals surface area (Å²) in [5, 5.41) is 2.57. The predicted octanol–water partition coefficient (Wildman–Crippen LogP) is 0.342. The second-order valence-electron chi connectivity index (χ2n) is 4.27. The molecule has 0 heterocycles. The average molecular weight is 296 g/mol. The molecule has 116 valence electrons. The molecule has 7 nitrogen and oxygen atoms in total. The lowest BCUT2D eigenvalue weighted by molar-refractivity contribution is -0.156. The Balaban J connectivity index is 2.29. The first-order valence-electron chi connectivity index (χ1n) is 6.47. The van der Waals surface area contributed by atoms with Gasteiger partial charge < -0.3 is 25.3 Å². The molecule has 0 saturated heterocycles. The van der Waals surface area contributed by atoms with Gasteiger partial charge in [-0.15, -0.1) is 0 Å².